The number of aryl methyl sites for hydroxylation is 1. The number of amides is 1. The first-order chi connectivity index (χ1) is 11.6. The molecule has 24 heavy (non-hydrogen) atoms. The zero-order chi connectivity index (χ0) is 17.1. The van der Waals surface area contributed by atoms with Crippen LogP contribution in [0.5, 0.6) is 0 Å². The Morgan fingerprint density at radius 2 is 1.96 bits per heavy atom. The summed E-state index contributed by atoms with van der Waals surface area (Å²) in [6.45, 7) is 2.64. The summed E-state index contributed by atoms with van der Waals surface area (Å²) in [4.78, 5) is 28.7. The summed E-state index contributed by atoms with van der Waals surface area (Å²) in [5.41, 5.74) is 7.99. The second-order valence-corrected chi connectivity index (χ2v) is 5.80. The Morgan fingerprint density at radius 3 is 2.62 bits per heavy atom. The van der Waals surface area contributed by atoms with Gasteiger partial charge in [-0.2, -0.15) is 0 Å². The number of unbranched alkanes of at least 4 members (excludes halogenated alkanes) is 1. The van der Waals surface area contributed by atoms with E-state index in [1.807, 2.05) is 30.3 Å². The number of benzene rings is 1. The maximum atomic E-state index is 12.8. The highest BCUT2D eigenvalue weighted by Gasteiger charge is 2.17. The van der Waals surface area contributed by atoms with Gasteiger partial charge in [-0.15, -0.1) is 0 Å². The smallest absolute Gasteiger partial charge is 0.277 e. The molecule has 3 aromatic rings. The molecule has 0 fully saturated rings. The minimum atomic E-state index is -0.491. The molecule has 2 N–H and O–H groups in total. The second-order valence-electron chi connectivity index (χ2n) is 5.80. The number of hydrogen-bond donors (Lipinski definition) is 1. The van der Waals surface area contributed by atoms with Gasteiger partial charge in [-0.3, -0.25) is 14.2 Å². The first kappa shape index (κ1) is 16.0. The van der Waals surface area contributed by atoms with Gasteiger partial charge in [-0.05, 0) is 12.0 Å². The minimum absolute atomic E-state index is 0.0436. The lowest BCUT2D eigenvalue weighted by Crippen LogP contribution is -2.25. The number of nitrogens with zero attached hydrogens (tertiary/aromatic N) is 3. The Balaban J connectivity index is 2.23. The highest BCUT2D eigenvalue weighted by Crippen LogP contribution is 2.27. The maximum Gasteiger partial charge on any atom is 0.277 e. The Kier molecular flexibility index (Phi) is 4.46. The van der Waals surface area contributed by atoms with Crippen molar-refractivity contribution in [2.45, 2.75) is 32.9 Å². The number of aromatic nitrogens is 3. The van der Waals surface area contributed by atoms with E-state index in [0.717, 1.165) is 24.0 Å². The third-order valence-electron chi connectivity index (χ3n) is 4.00. The SMILES string of the molecule is CCCCn1cnc2c(-c3ccccc3)cn(CC(N)=O)c2c1=O. The molecule has 0 saturated heterocycles. The lowest BCUT2D eigenvalue weighted by molar-refractivity contribution is -0.118. The first-order valence-corrected chi connectivity index (χ1v) is 8.03. The Morgan fingerprint density at radius 1 is 1.21 bits per heavy atom. The predicted molar refractivity (Wildman–Crippen MR) is 93.5 cm³/mol. The minimum Gasteiger partial charge on any atom is -0.368 e. The van der Waals surface area contributed by atoms with Crippen LogP contribution in [0.3, 0.4) is 0 Å². The fraction of sp³-hybridized carbons (Fsp3) is 0.278. The van der Waals surface area contributed by atoms with Crippen LogP contribution < -0.4 is 11.3 Å². The number of carbonyl (C=O) groups is 1. The van der Waals surface area contributed by atoms with Crippen molar-refractivity contribution in [1.82, 2.24) is 14.1 Å². The van der Waals surface area contributed by atoms with Crippen LogP contribution in [0.4, 0.5) is 0 Å². The van der Waals surface area contributed by atoms with Crippen molar-refractivity contribution in [3.8, 4) is 11.1 Å². The van der Waals surface area contributed by atoms with Crippen LogP contribution in [0.2, 0.25) is 0 Å². The van der Waals surface area contributed by atoms with Crippen molar-refractivity contribution in [1.29, 1.82) is 0 Å². The molecule has 2 aromatic heterocycles. The van der Waals surface area contributed by atoms with Crippen molar-refractivity contribution in [3.05, 3.63) is 53.2 Å². The fourth-order valence-corrected chi connectivity index (χ4v) is 2.83. The lowest BCUT2D eigenvalue weighted by atomic mass is 10.1. The van der Waals surface area contributed by atoms with Gasteiger partial charge in [0, 0.05) is 18.3 Å². The summed E-state index contributed by atoms with van der Waals surface area (Å²) < 4.78 is 3.20. The second kappa shape index (κ2) is 6.70. The maximum absolute atomic E-state index is 12.8. The van der Waals surface area contributed by atoms with Crippen LogP contribution in [-0.4, -0.2) is 20.0 Å². The molecule has 0 atom stereocenters. The molecule has 2 heterocycles. The van der Waals surface area contributed by atoms with Crippen molar-refractivity contribution in [2.24, 2.45) is 5.73 Å². The summed E-state index contributed by atoms with van der Waals surface area (Å²) in [7, 11) is 0. The van der Waals surface area contributed by atoms with Crippen LogP contribution in [0.1, 0.15) is 19.8 Å². The molecular formula is C18H20N4O2. The zero-order valence-electron chi connectivity index (χ0n) is 13.6. The van der Waals surface area contributed by atoms with Crippen LogP contribution in [0.15, 0.2) is 47.7 Å². The molecule has 0 aliphatic rings. The third-order valence-corrected chi connectivity index (χ3v) is 4.00. The normalized spacial score (nSPS) is 11.0. The fourth-order valence-electron chi connectivity index (χ4n) is 2.83. The molecule has 0 saturated carbocycles. The molecule has 3 rings (SSSR count). The van der Waals surface area contributed by atoms with Crippen molar-refractivity contribution in [3.63, 3.8) is 0 Å². The summed E-state index contributed by atoms with van der Waals surface area (Å²) in [5.74, 6) is -0.491. The number of primary amides is 1. The van der Waals surface area contributed by atoms with Gasteiger partial charge in [0.2, 0.25) is 5.91 Å². The van der Waals surface area contributed by atoms with E-state index in [1.54, 1.807) is 21.7 Å². The van der Waals surface area contributed by atoms with Gasteiger partial charge in [0.05, 0.1) is 6.33 Å². The van der Waals surface area contributed by atoms with E-state index in [-0.39, 0.29) is 12.1 Å². The van der Waals surface area contributed by atoms with Gasteiger partial charge in [0.25, 0.3) is 5.56 Å². The van der Waals surface area contributed by atoms with Gasteiger partial charge in [-0.1, -0.05) is 43.7 Å². The molecule has 124 valence electrons. The average Bonchev–Trinajstić information content (AvgIpc) is 2.93. The molecule has 1 amide bonds. The Labute approximate surface area is 139 Å². The quantitative estimate of drug-likeness (QED) is 0.754. The van der Waals surface area contributed by atoms with Gasteiger partial charge >= 0.3 is 0 Å². The molecule has 0 radical (unpaired) electrons. The molecule has 0 bridgehead atoms. The standard InChI is InChI=1S/C18H20N4O2/c1-2-3-9-21-12-20-16-14(13-7-5-4-6-8-13)10-22(11-15(19)23)17(16)18(21)24/h4-8,10,12H,2-3,9,11H2,1H3,(H2,19,23). The number of rotatable bonds is 6. The average molecular weight is 324 g/mol. The molecule has 0 spiro atoms. The third kappa shape index (κ3) is 2.95. The van der Waals surface area contributed by atoms with E-state index < -0.39 is 5.91 Å². The van der Waals surface area contributed by atoms with E-state index in [4.69, 9.17) is 5.73 Å². The molecule has 6 nitrogen and oxygen atoms in total. The molecule has 1 aromatic carbocycles. The van der Waals surface area contributed by atoms with E-state index >= 15 is 0 Å². The summed E-state index contributed by atoms with van der Waals surface area (Å²) in [6.07, 6.45) is 5.25. The van der Waals surface area contributed by atoms with Gasteiger partial charge < -0.3 is 10.3 Å². The van der Waals surface area contributed by atoms with Crippen molar-refractivity contribution >= 4 is 16.9 Å². The van der Waals surface area contributed by atoms with E-state index in [1.165, 1.54) is 0 Å². The van der Waals surface area contributed by atoms with Gasteiger partial charge in [-0.25, -0.2) is 4.98 Å². The Hall–Kier alpha value is -2.89. The van der Waals surface area contributed by atoms with E-state index in [2.05, 4.69) is 11.9 Å². The van der Waals surface area contributed by atoms with Crippen LogP contribution in [-0.2, 0) is 17.9 Å². The molecule has 6 heteroatoms. The molecule has 0 unspecified atom stereocenters. The molecule has 0 aliphatic carbocycles. The van der Waals surface area contributed by atoms with Crippen LogP contribution in [0, 0.1) is 0 Å². The molecule has 0 aliphatic heterocycles. The summed E-state index contributed by atoms with van der Waals surface area (Å²) >= 11 is 0. The monoisotopic (exact) mass is 324 g/mol. The molecular weight excluding hydrogens is 304 g/mol. The van der Waals surface area contributed by atoms with Crippen molar-refractivity contribution < 1.29 is 4.79 Å². The highest BCUT2D eigenvalue weighted by atomic mass is 16.1. The number of hydrogen-bond acceptors (Lipinski definition) is 3. The largest absolute Gasteiger partial charge is 0.368 e. The van der Waals surface area contributed by atoms with Crippen molar-refractivity contribution in [2.75, 3.05) is 0 Å². The van der Waals surface area contributed by atoms with Crippen LogP contribution in [0.25, 0.3) is 22.2 Å². The summed E-state index contributed by atoms with van der Waals surface area (Å²) in [5, 5.41) is 0. The van der Waals surface area contributed by atoms with Gasteiger partial charge in [0.15, 0.2) is 0 Å². The summed E-state index contributed by atoms with van der Waals surface area (Å²) in [6, 6.07) is 9.68. The highest BCUT2D eigenvalue weighted by molar-refractivity contribution is 5.93. The predicted octanol–water partition coefficient (Wildman–Crippen LogP) is 2.15. The van der Waals surface area contributed by atoms with E-state index in [9.17, 15) is 9.59 Å². The Bertz CT molecular complexity index is 925. The van der Waals surface area contributed by atoms with Gasteiger partial charge in [0.1, 0.15) is 17.6 Å². The van der Waals surface area contributed by atoms with E-state index in [0.29, 0.717) is 17.6 Å². The number of carbonyl (C=O) groups excluding carboxylic acids is 1. The lowest BCUT2D eigenvalue weighted by Gasteiger charge is -2.06. The zero-order valence-corrected chi connectivity index (χ0v) is 13.6. The number of nitrogens with two attached hydrogens (primary N) is 1. The first-order valence-electron chi connectivity index (χ1n) is 8.03. The number of fused-ring (bicyclic) bond motifs is 1. The topological polar surface area (TPSA) is 82.9 Å². The van der Waals surface area contributed by atoms with Crippen LogP contribution >= 0.6 is 0 Å².